The molecule has 18 heavy (non-hydrogen) atoms. The molecule has 5 nitrogen and oxygen atoms in total. The fourth-order valence-electron chi connectivity index (χ4n) is 2.34. The van der Waals surface area contributed by atoms with Gasteiger partial charge in [0.05, 0.1) is 0 Å². The van der Waals surface area contributed by atoms with Crippen LogP contribution in [-0.4, -0.2) is 30.5 Å². The van der Waals surface area contributed by atoms with Gasteiger partial charge < -0.3 is 10.2 Å². The van der Waals surface area contributed by atoms with Crippen molar-refractivity contribution in [3.8, 4) is 6.07 Å². The molecule has 1 aliphatic heterocycles. The second-order valence-corrected chi connectivity index (χ2v) is 4.33. The number of anilines is 1. The number of pyridine rings is 1. The summed E-state index contributed by atoms with van der Waals surface area (Å²) in [5.74, 6) is 0.0324. The molecular formula is C13H16N4O. The van der Waals surface area contributed by atoms with Crippen molar-refractivity contribution in [2.45, 2.75) is 25.3 Å². The lowest BCUT2D eigenvalue weighted by Crippen LogP contribution is -2.48. The molecule has 1 fully saturated rings. The number of nitrogens with zero attached hydrogens (tertiary/aromatic N) is 3. The molecule has 5 heteroatoms. The van der Waals surface area contributed by atoms with Crippen LogP contribution in [0.25, 0.3) is 0 Å². The van der Waals surface area contributed by atoms with Crippen LogP contribution in [0.4, 0.5) is 5.69 Å². The number of nitrogens with one attached hydrogen (secondary N) is 1. The van der Waals surface area contributed by atoms with Crippen LogP contribution < -0.4 is 10.2 Å². The molecule has 1 N–H and O–H groups in total. The first-order valence-electron chi connectivity index (χ1n) is 6.10. The number of aromatic nitrogens is 1. The lowest BCUT2D eigenvalue weighted by Gasteiger charge is -2.36. The molecule has 94 valence electrons. The van der Waals surface area contributed by atoms with Gasteiger partial charge in [-0.05, 0) is 31.4 Å². The van der Waals surface area contributed by atoms with Gasteiger partial charge in [-0.3, -0.25) is 4.79 Å². The minimum Gasteiger partial charge on any atom is -0.359 e. The zero-order valence-corrected chi connectivity index (χ0v) is 10.4. The maximum absolute atomic E-state index is 11.9. The summed E-state index contributed by atoms with van der Waals surface area (Å²) < 4.78 is 0. The van der Waals surface area contributed by atoms with Crippen molar-refractivity contribution in [1.82, 2.24) is 10.3 Å². The molecule has 0 aliphatic carbocycles. The smallest absolute Gasteiger partial charge is 0.242 e. The lowest BCUT2D eigenvalue weighted by atomic mass is 10.0. The standard InChI is InChI=1S/C13H16N4O/c1-15-13(18)12-4-2-3-7-17(12)11-5-6-16-10(8-11)9-14/h5-6,8,12H,2-4,7H2,1H3,(H,15,18). The van der Waals surface area contributed by atoms with Gasteiger partial charge in [0.25, 0.3) is 0 Å². The number of piperidine rings is 1. The zero-order chi connectivity index (χ0) is 13.0. The molecule has 2 heterocycles. The molecule has 1 aliphatic rings. The van der Waals surface area contributed by atoms with Crippen LogP contribution in [0, 0.1) is 11.3 Å². The van der Waals surface area contributed by atoms with Gasteiger partial charge in [0.1, 0.15) is 17.8 Å². The quantitative estimate of drug-likeness (QED) is 0.844. The predicted molar refractivity (Wildman–Crippen MR) is 68.0 cm³/mol. The minimum absolute atomic E-state index is 0.0324. The van der Waals surface area contributed by atoms with E-state index >= 15 is 0 Å². The summed E-state index contributed by atoms with van der Waals surface area (Å²) in [7, 11) is 1.66. The van der Waals surface area contributed by atoms with Crippen molar-refractivity contribution < 1.29 is 4.79 Å². The summed E-state index contributed by atoms with van der Waals surface area (Å²) in [6.07, 6.45) is 4.59. The molecule has 0 saturated carbocycles. The first-order chi connectivity index (χ1) is 8.76. The Bertz CT molecular complexity index is 480. The fraction of sp³-hybridized carbons (Fsp3) is 0.462. The Kier molecular flexibility index (Phi) is 3.78. The summed E-state index contributed by atoms with van der Waals surface area (Å²) in [6, 6.07) is 5.47. The SMILES string of the molecule is CNC(=O)C1CCCCN1c1ccnc(C#N)c1. The molecular weight excluding hydrogens is 228 g/mol. The van der Waals surface area contributed by atoms with Gasteiger partial charge in [-0.15, -0.1) is 0 Å². The number of likely N-dealkylation sites (N-methyl/N-ethyl adjacent to an activating group) is 1. The molecule has 1 aromatic heterocycles. The van der Waals surface area contributed by atoms with Crippen molar-refractivity contribution in [3.05, 3.63) is 24.0 Å². The highest BCUT2D eigenvalue weighted by molar-refractivity contribution is 5.85. The summed E-state index contributed by atoms with van der Waals surface area (Å²) in [5, 5.41) is 11.6. The van der Waals surface area contributed by atoms with Crippen molar-refractivity contribution in [1.29, 1.82) is 5.26 Å². The van der Waals surface area contributed by atoms with Crippen molar-refractivity contribution in [2.24, 2.45) is 0 Å². The second kappa shape index (κ2) is 5.50. The summed E-state index contributed by atoms with van der Waals surface area (Å²) in [4.78, 5) is 17.9. The van der Waals surface area contributed by atoms with Gasteiger partial charge in [-0.2, -0.15) is 5.26 Å². The van der Waals surface area contributed by atoms with Crippen LogP contribution in [0.5, 0.6) is 0 Å². The molecule has 0 radical (unpaired) electrons. The number of amides is 1. The van der Waals surface area contributed by atoms with Crippen LogP contribution in [0.15, 0.2) is 18.3 Å². The monoisotopic (exact) mass is 244 g/mol. The van der Waals surface area contributed by atoms with Gasteiger partial charge in [0.2, 0.25) is 5.91 Å². The third-order valence-corrected chi connectivity index (χ3v) is 3.24. The highest BCUT2D eigenvalue weighted by Crippen LogP contribution is 2.24. The number of carbonyl (C=O) groups is 1. The van der Waals surface area contributed by atoms with Crippen molar-refractivity contribution in [2.75, 3.05) is 18.5 Å². The van der Waals surface area contributed by atoms with E-state index < -0.39 is 0 Å². The highest BCUT2D eigenvalue weighted by atomic mass is 16.2. The van der Waals surface area contributed by atoms with E-state index in [-0.39, 0.29) is 11.9 Å². The predicted octanol–water partition coefficient (Wildman–Crippen LogP) is 1.06. The zero-order valence-electron chi connectivity index (χ0n) is 10.4. The van der Waals surface area contributed by atoms with Gasteiger partial charge in [-0.1, -0.05) is 0 Å². The van der Waals surface area contributed by atoms with Crippen LogP contribution >= 0.6 is 0 Å². The lowest BCUT2D eigenvalue weighted by molar-refractivity contribution is -0.122. The van der Waals surface area contributed by atoms with E-state index in [1.807, 2.05) is 12.1 Å². The highest BCUT2D eigenvalue weighted by Gasteiger charge is 2.28. The van der Waals surface area contributed by atoms with Gasteiger partial charge in [0, 0.05) is 25.5 Å². The van der Waals surface area contributed by atoms with Crippen LogP contribution in [0.2, 0.25) is 0 Å². The third kappa shape index (κ3) is 2.43. The number of hydrogen-bond donors (Lipinski definition) is 1. The van der Waals surface area contributed by atoms with Gasteiger partial charge >= 0.3 is 0 Å². The first kappa shape index (κ1) is 12.4. The number of carbonyl (C=O) groups excluding carboxylic acids is 1. The Morgan fingerprint density at radius 2 is 2.44 bits per heavy atom. The first-order valence-corrected chi connectivity index (χ1v) is 6.10. The third-order valence-electron chi connectivity index (χ3n) is 3.24. The average Bonchev–Trinajstić information content (AvgIpc) is 2.46. The topological polar surface area (TPSA) is 69.0 Å². The Hall–Kier alpha value is -2.09. The minimum atomic E-state index is -0.141. The molecule has 2 rings (SSSR count). The summed E-state index contributed by atoms with van der Waals surface area (Å²) >= 11 is 0. The fourth-order valence-corrected chi connectivity index (χ4v) is 2.34. The number of hydrogen-bond acceptors (Lipinski definition) is 4. The second-order valence-electron chi connectivity index (χ2n) is 4.33. The molecule has 1 unspecified atom stereocenters. The molecule has 1 atom stereocenters. The van der Waals surface area contributed by atoms with E-state index in [0.29, 0.717) is 5.69 Å². The van der Waals surface area contributed by atoms with E-state index in [1.54, 1.807) is 19.3 Å². The Balaban J connectivity index is 2.28. The molecule has 0 bridgehead atoms. The normalized spacial score (nSPS) is 19.1. The summed E-state index contributed by atoms with van der Waals surface area (Å²) in [5.41, 5.74) is 1.28. The van der Waals surface area contributed by atoms with Crippen LogP contribution in [-0.2, 0) is 4.79 Å². The van der Waals surface area contributed by atoms with Crippen LogP contribution in [0.1, 0.15) is 25.0 Å². The van der Waals surface area contributed by atoms with E-state index in [1.165, 1.54) is 0 Å². The largest absolute Gasteiger partial charge is 0.359 e. The molecule has 1 aromatic rings. The van der Waals surface area contributed by atoms with E-state index in [4.69, 9.17) is 5.26 Å². The Morgan fingerprint density at radius 3 is 3.17 bits per heavy atom. The summed E-state index contributed by atoms with van der Waals surface area (Å²) in [6.45, 7) is 0.840. The van der Waals surface area contributed by atoms with Crippen molar-refractivity contribution in [3.63, 3.8) is 0 Å². The van der Waals surface area contributed by atoms with E-state index in [0.717, 1.165) is 31.5 Å². The Morgan fingerprint density at radius 1 is 1.61 bits per heavy atom. The average molecular weight is 244 g/mol. The molecule has 1 amide bonds. The molecule has 0 aromatic carbocycles. The van der Waals surface area contributed by atoms with Gasteiger partial charge in [-0.25, -0.2) is 4.98 Å². The maximum Gasteiger partial charge on any atom is 0.242 e. The molecule has 1 saturated heterocycles. The molecule has 0 spiro atoms. The maximum atomic E-state index is 11.9. The number of nitriles is 1. The van der Waals surface area contributed by atoms with Crippen molar-refractivity contribution >= 4 is 11.6 Å². The Labute approximate surface area is 106 Å². The van der Waals surface area contributed by atoms with Gasteiger partial charge in [0.15, 0.2) is 0 Å². The van der Waals surface area contributed by atoms with Crippen LogP contribution in [0.3, 0.4) is 0 Å². The number of rotatable bonds is 2. The van der Waals surface area contributed by atoms with E-state index in [9.17, 15) is 4.79 Å². The van der Waals surface area contributed by atoms with E-state index in [2.05, 4.69) is 15.2 Å².